The van der Waals surface area contributed by atoms with Crippen molar-refractivity contribution < 1.29 is 14.7 Å². The lowest BCUT2D eigenvalue weighted by atomic mass is 9.96. The minimum atomic E-state index is -1.07. The predicted molar refractivity (Wildman–Crippen MR) is 144 cm³/mol. The second-order valence-corrected chi connectivity index (χ2v) is 10.1. The van der Waals surface area contributed by atoms with Crippen molar-refractivity contribution in [2.24, 2.45) is 0 Å². The molecule has 0 radical (unpaired) electrons. The highest BCUT2D eigenvalue weighted by atomic mass is 32.2. The largest absolute Gasteiger partial charge is 0.480 e. The van der Waals surface area contributed by atoms with Gasteiger partial charge in [-0.1, -0.05) is 66.7 Å². The van der Waals surface area contributed by atoms with E-state index >= 15 is 0 Å². The highest BCUT2D eigenvalue weighted by Crippen LogP contribution is 2.49. The van der Waals surface area contributed by atoms with Crippen LogP contribution in [0.15, 0.2) is 72.8 Å². The Morgan fingerprint density at radius 1 is 0.972 bits per heavy atom. The molecule has 36 heavy (non-hydrogen) atoms. The Morgan fingerprint density at radius 2 is 1.67 bits per heavy atom. The monoisotopic (exact) mass is 497 g/mol. The molecule has 1 aliphatic heterocycles. The van der Waals surface area contributed by atoms with Crippen LogP contribution in [0.2, 0.25) is 0 Å². The number of nitrogens with zero attached hydrogens (tertiary/aromatic N) is 3. The molecule has 4 aromatic rings. The van der Waals surface area contributed by atoms with Gasteiger partial charge in [-0.15, -0.1) is 11.8 Å². The quantitative estimate of drug-likeness (QED) is 0.382. The number of carboxylic acids is 1. The van der Waals surface area contributed by atoms with Crippen molar-refractivity contribution in [3.05, 3.63) is 101 Å². The van der Waals surface area contributed by atoms with E-state index in [2.05, 4.69) is 19.1 Å². The molecule has 1 amide bonds. The van der Waals surface area contributed by atoms with Crippen LogP contribution in [0, 0.1) is 20.8 Å². The van der Waals surface area contributed by atoms with Crippen molar-refractivity contribution in [2.45, 2.75) is 26.0 Å². The summed E-state index contributed by atoms with van der Waals surface area (Å²) in [5.41, 5.74) is 7.66. The lowest BCUT2D eigenvalue weighted by molar-refractivity contribution is -0.136. The van der Waals surface area contributed by atoms with Gasteiger partial charge in [0.2, 0.25) is 5.91 Å². The van der Waals surface area contributed by atoms with Gasteiger partial charge in [0.25, 0.3) is 0 Å². The maximum absolute atomic E-state index is 13.5. The van der Waals surface area contributed by atoms with Crippen molar-refractivity contribution >= 4 is 29.5 Å². The number of anilines is 1. The summed E-state index contributed by atoms with van der Waals surface area (Å²) in [6, 6.07) is 24.0. The van der Waals surface area contributed by atoms with Crippen molar-refractivity contribution in [3.63, 3.8) is 0 Å². The summed E-state index contributed by atoms with van der Waals surface area (Å²) in [5.74, 6) is -0.621. The normalized spacial score (nSPS) is 15.5. The topological polar surface area (TPSA) is 75.4 Å². The smallest absolute Gasteiger partial charge is 0.323 e. The van der Waals surface area contributed by atoms with Crippen LogP contribution < -0.4 is 4.90 Å². The average Bonchev–Trinajstić information content (AvgIpc) is 3.19. The molecule has 0 saturated heterocycles. The molecule has 1 unspecified atom stereocenters. The first-order chi connectivity index (χ1) is 17.4. The van der Waals surface area contributed by atoms with Crippen LogP contribution in [0.25, 0.3) is 16.9 Å². The number of aryl methyl sites for hydroxylation is 2. The molecular formula is C29H27N3O3S. The molecule has 1 N–H and O–H groups in total. The first-order valence-corrected chi connectivity index (χ1v) is 12.9. The van der Waals surface area contributed by atoms with E-state index in [-0.39, 0.29) is 16.9 Å². The van der Waals surface area contributed by atoms with E-state index in [0.29, 0.717) is 5.82 Å². The van der Waals surface area contributed by atoms with E-state index in [9.17, 15) is 14.7 Å². The van der Waals surface area contributed by atoms with Crippen LogP contribution in [0.1, 0.15) is 33.1 Å². The Balaban J connectivity index is 1.90. The summed E-state index contributed by atoms with van der Waals surface area (Å²) in [7, 11) is 0. The number of benzene rings is 3. The second-order valence-electron chi connectivity index (χ2n) is 9.00. The van der Waals surface area contributed by atoms with Gasteiger partial charge in [-0.05, 0) is 49.1 Å². The maximum Gasteiger partial charge on any atom is 0.323 e. The zero-order valence-corrected chi connectivity index (χ0v) is 21.2. The Labute approximate surface area is 214 Å². The summed E-state index contributed by atoms with van der Waals surface area (Å²) < 4.78 is 1.78. The van der Waals surface area contributed by atoms with Crippen molar-refractivity contribution in [1.82, 2.24) is 9.78 Å². The van der Waals surface area contributed by atoms with Crippen LogP contribution in [0.3, 0.4) is 0 Å². The maximum atomic E-state index is 13.5. The molecule has 0 fully saturated rings. The third-order valence-electron chi connectivity index (χ3n) is 6.70. The van der Waals surface area contributed by atoms with E-state index < -0.39 is 12.5 Å². The van der Waals surface area contributed by atoms with Crippen LogP contribution in [0.5, 0.6) is 0 Å². The lowest BCUT2D eigenvalue weighted by Gasteiger charge is -2.23. The molecule has 0 aliphatic carbocycles. The molecule has 0 spiro atoms. The zero-order chi connectivity index (χ0) is 25.4. The van der Waals surface area contributed by atoms with Crippen LogP contribution >= 0.6 is 11.8 Å². The fraction of sp³-hybridized carbons (Fsp3) is 0.207. The zero-order valence-electron chi connectivity index (χ0n) is 20.4. The molecule has 6 nitrogen and oxygen atoms in total. The number of rotatable bonds is 5. The Hall–Kier alpha value is -3.84. The minimum Gasteiger partial charge on any atom is -0.480 e. The molecule has 1 aromatic heterocycles. The minimum absolute atomic E-state index is 0.169. The molecule has 1 atom stereocenters. The van der Waals surface area contributed by atoms with E-state index in [1.807, 2.05) is 74.5 Å². The highest BCUT2D eigenvalue weighted by molar-refractivity contribution is 8.00. The van der Waals surface area contributed by atoms with Gasteiger partial charge in [0, 0.05) is 11.1 Å². The highest BCUT2D eigenvalue weighted by Gasteiger charge is 2.38. The second kappa shape index (κ2) is 9.66. The Bertz CT molecular complexity index is 1460. The number of thioether (sulfide) groups is 1. The van der Waals surface area contributed by atoms with Gasteiger partial charge in [0.05, 0.1) is 22.4 Å². The van der Waals surface area contributed by atoms with Crippen molar-refractivity contribution in [2.75, 3.05) is 17.2 Å². The number of carbonyl (C=O) groups excluding carboxylic acids is 1. The molecule has 7 heteroatoms. The number of carbonyl (C=O) groups is 2. The van der Waals surface area contributed by atoms with E-state index in [4.69, 9.17) is 5.10 Å². The van der Waals surface area contributed by atoms with E-state index in [1.54, 1.807) is 4.68 Å². The third-order valence-corrected chi connectivity index (χ3v) is 7.94. The van der Waals surface area contributed by atoms with Gasteiger partial charge in [-0.2, -0.15) is 5.10 Å². The molecular weight excluding hydrogens is 470 g/mol. The summed E-state index contributed by atoms with van der Waals surface area (Å²) in [5, 5.41) is 14.7. The third kappa shape index (κ3) is 4.20. The van der Waals surface area contributed by atoms with Gasteiger partial charge in [-0.3, -0.25) is 14.5 Å². The fourth-order valence-electron chi connectivity index (χ4n) is 4.72. The predicted octanol–water partition coefficient (Wildman–Crippen LogP) is 5.72. The number of aliphatic carboxylic acids is 1. The molecule has 5 rings (SSSR count). The number of hydrogen-bond acceptors (Lipinski definition) is 4. The van der Waals surface area contributed by atoms with Crippen LogP contribution in [-0.2, 0) is 9.59 Å². The van der Waals surface area contributed by atoms with Gasteiger partial charge >= 0.3 is 5.97 Å². The summed E-state index contributed by atoms with van der Waals surface area (Å²) in [4.78, 5) is 26.8. The summed E-state index contributed by atoms with van der Waals surface area (Å²) in [6.45, 7) is 5.69. The molecule has 0 saturated carbocycles. The SMILES string of the molecule is Cc1ccccc1C1SCC(=O)N(CC(=O)O)c2c1c(-c1ccccc1)nn2-c1cccc(C)c1C. The molecule has 182 valence electrons. The van der Waals surface area contributed by atoms with Crippen LogP contribution in [-0.4, -0.2) is 39.1 Å². The standard InChI is InChI=1S/C29H27N3O3S/c1-18-11-9-15-23(20(18)3)32-29-26(27(30-32)21-12-5-4-6-13-21)28(22-14-8-7-10-19(22)2)36-17-24(33)31(29)16-25(34)35/h4-15,28H,16-17H2,1-3H3,(H,34,35). The van der Waals surface area contributed by atoms with Gasteiger partial charge < -0.3 is 5.11 Å². The summed E-state index contributed by atoms with van der Waals surface area (Å²) in [6.07, 6.45) is 0. The van der Waals surface area contributed by atoms with Crippen LogP contribution in [0.4, 0.5) is 5.82 Å². The number of hydrogen-bond donors (Lipinski definition) is 1. The van der Waals surface area contributed by atoms with Crippen molar-refractivity contribution in [1.29, 1.82) is 0 Å². The summed E-state index contributed by atoms with van der Waals surface area (Å²) >= 11 is 1.52. The van der Waals surface area contributed by atoms with Crippen molar-refractivity contribution in [3.8, 4) is 16.9 Å². The van der Waals surface area contributed by atoms with Gasteiger partial charge in [0.15, 0.2) is 0 Å². The molecule has 3 aromatic carbocycles. The average molecular weight is 498 g/mol. The Morgan fingerprint density at radius 3 is 2.39 bits per heavy atom. The number of aromatic nitrogens is 2. The Kier molecular flexibility index (Phi) is 6.41. The number of amides is 1. The van der Waals surface area contributed by atoms with Gasteiger partial charge in [0.1, 0.15) is 12.4 Å². The molecule has 1 aliphatic rings. The first-order valence-electron chi connectivity index (χ1n) is 11.8. The molecule has 0 bridgehead atoms. The number of fused-ring (bicyclic) bond motifs is 1. The number of carboxylic acid groups (broad SMARTS) is 1. The first kappa shape index (κ1) is 23.9. The van der Waals surface area contributed by atoms with E-state index in [0.717, 1.165) is 44.8 Å². The molecule has 2 heterocycles. The lowest BCUT2D eigenvalue weighted by Crippen LogP contribution is -2.38. The fourth-order valence-corrected chi connectivity index (χ4v) is 6.02. The van der Waals surface area contributed by atoms with Gasteiger partial charge in [-0.25, -0.2) is 4.68 Å². The van der Waals surface area contributed by atoms with E-state index in [1.165, 1.54) is 16.7 Å².